The van der Waals surface area contributed by atoms with E-state index in [9.17, 15) is 13.2 Å². The molecule has 0 bridgehead atoms. The lowest BCUT2D eigenvalue weighted by Crippen LogP contribution is -2.26. The van der Waals surface area contributed by atoms with Crippen LogP contribution in [0.3, 0.4) is 0 Å². The predicted molar refractivity (Wildman–Crippen MR) is 124 cm³/mol. The number of thioether (sulfide) groups is 1. The van der Waals surface area contributed by atoms with Gasteiger partial charge in [0.05, 0.1) is 4.90 Å². The number of carbonyl (C=O) groups is 1. The number of hydrogen-bond acceptors (Lipinski definition) is 5. The summed E-state index contributed by atoms with van der Waals surface area (Å²) in [7, 11) is -2.09. The first kappa shape index (κ1) is 22.9. The standard InChI is InChI=1S/C23H24N2O4S2/c1-25(16-18-7-4-3-5-8-18)31(27,28)22-13-11-20(12-14-22)29-17-23(26)24-19-9-6-10-21(15-19)30-2/h3-15H,16-17H2,1-2H3,(H,24,26). The van der Waals surface area contributed by atoms with Crippen LogP contribution in [-0.4, -0.2) is 38.5 Å². The Morgan fingerprint density at radius 2 is 1.71 bits per heavy atom. The summed E-state index contributed by atoms with van der Waals surface area (Å²) in [5.41, 5.74) is 1.60. The van der Waals surface area contributed by atoms with Gasteiger partial charge in [0.2, 0.25) is 10.0 Å². The number of nitrogens with one attached hydrogen (secondary N) is 1. The number of amides is 1. The highest BCUT2D eigenvalue weighted by molar-refractivity contribution is 7.98. The van der Waals surface area contributed by atoms with Gasteiger partial charge in [-0.05, 0) is 54.3 Å². The fourth-order valence-corrected chi connectivity index (χ4v) is 4.48. The second-order valence-corrected chi connectivity index (χ2v) is 9.71. The summed E-state index contributed by atoms with van der Waals surface area (Å²) >= 11 is 1.59. The number of ether oxygens (including phenoxy) is 1. The van der Waals surface area contributed by atoms with Gasteiger partial charge in [0.25, 0.3) is 5.91 Å². The van der Waals surface area contributed by atoms with E-state index < -0.39 is 10.0 Å². The van der Waals surface area contributed by atoms with Gasteiger partial charge in [0, 0.05) is 24.2 Å². The van der Waals surface area contributed by atoms with Gasteiger partial charge in [-0.15, -0.1) is 11.8 Å². The average molecular weight is 457 g/mol. The molecule has 3 rings (SSSR count). The van der Waals surface area contributed by atoms with Crippen LogP contribution >= 0.6 is 11.8 Å². The molecule has 8 heteroatoms. The molecule has 162 valence electrons. The largest absolute Gasteiger partial charge is 0.484 e. The zero-order valence-corrected chi connectivity index (χ0v) is 18.9. The van der Waals surface area contributed by atoms with Gasteiger partial charge < -0.3 is 10.1 Å². The van der Waals surface area contributed by atoms with E-state index in [2.05, 4.69) is 5.32 Å². The summed E-state index contributed by atoms with van der Waals surface area (Å²) in [5, 5.41) is 2.78. The minimum absolute atomic E-state index is 0.164. The third-order valence-corrected chi connectivity index (χ3v) is 7.05. The van der Waals surface area contributed by atoms with Crippen molar-refractivity contribution >= 4 is 33.4 Å². The monoisotopic (exact) mass is 456 g/mol. The highest BCUT2D eigenvalue weighted by Gasteiger charge is 2.21. The molecule has 31 heavy (non-hydrogen) atoms. The van der Waals surface area contributed by atoms with E-state index >= 15 is 0 Å². The Bertz CT molecular complexity index is 1120. The number of carbonyl (C=O) groups excluding carboxylic acids is 1. The van der Waals surface area contributed by atoms with Crippen molar-refractivity contribution in [1.82, 2.24) is 4.31 Å². The second kappa shape index (κ2) is 10.5. The molecule has 0 unspecified atom stereocenters. The fourth-order valence-electron chi connectivity index (χ4n) is 2.86. The molecule has 0 saturated carbocycles. The minimum atomic E-state index is -3.64. The molecule has 6 nitrogen and oxygen atoms in total. The maximum atomic E-state index is 12.8. The Morgan fingerprint density at radius 3 is 2.39 bits per heavy atom. The topological polar surface area (TPSA) is 75.7 Å². The molecule has 0 saturated heterocycles. The van der Waals surface area contributed by atoms with Crippen molar-refractivity contribution in [2.24, 2.45) is 0 Å². The van der Waals surface area contributed by atoms with Crippen LogP contribution in [0.2, 0.25) is 0 Å². The summed E-state index contributed by atoms with van der Waals surface area (Å²) in [6, 6.07) is 23.0. The number of sulfonamides is 1. The number of hydrogen-bond donors (Lipinski definition) is 1. The predicted octanol–water partition coefficient (Wildman–Crippen LogP) is 4.25. The van der Waals surface area contributed by atoms with E-state index in [0.717, 1.165) is 10.5 Å². The number of benzene rings is 3. The molecule has 0 atom stereocenters. The highest BCUT2D eigenvalue weighted by atomic mass is 32.2. The van der Waals surface area contributed by atoms with E-state index in [1.807, 2.05) is 60.9 Å². The summed E-state index contributed by atoms with van der Waals surface area (Å²) in [5.74, 6) is 0.121. The van der Waals surface area contributed by atoms with Gasteiger partial charge in [0.1, 0.15) is 5.75 Å². The molecule has 3 aromatic carbocycles. The first-order valence-corrected chi connectivity index (χ1v) is 12.2. The third kappa shape index (κ3) is 6.33. The van der Waals surface area contributed by atoms with Crippen LogP contribution in [0, 0.1) is 0 Å². The first-order chi connectivity index (χ1) is 14.9. The molecule has 0 heterocycles. The molecule has 0 aliphatic carbocycles. The van der Waals surface area contributed by atoms with Crippen LogP contribution in [0.15, 0.2) is 88.7 Å². The molecule has 3 aromatic rings. The van der Waals surface area contributed by atoms with Gasteiger partial charge >= 0.3 is 0 Å². The SMILES string of the molecule is CSc1cccc(NC(=O)COc2ccc(S(=O)(=O)N(C)Cc3ccccc3)cc2)c1. The van der Waals surface area contributed by atoms with Crippen molar-refractivity contribution < 1.29 is 17.9 Å². The molecular formula is C23H24N2O4S2. The van der Waals surface area contributed by atoms with E-state index in [1.54, 1.807) is 30.9 Å². The molecule has 0 aliphatic heterocycles. The Balaban J connectivity index is 1.57. The minimum Gasteiger partial charge on any atom is -0.484 e. The lowest BCUT2D eigenvalue weighted by Gasteiger charge is -2.17. The first-order valence-electron chi connectivity index (χ1n) is 9.55. The molecule has 0 aliphatic rings. The van der Waals surface area contributed by atoms with Gasteiger partial charge in [-0.2, -0.15) is 4.31 Å². The number of nitrogens with zero attached hydrogens (tertiary/aromatic N) is 1. The van der Waals surface area contributed by atoms with Crippen LogP contribution in [0.4, 0.5) is 5.69 Å². The van der Waals surface area contributed by atoms with Crippen LogP contribution < -0.4 is 10.1 Å². The maximum absolute atomic E-state index is 12.8. The summed E-state index contributed by atoms with van der Waals surface area (Å²) < 4.78 is 32.4. The Kier molecular flexibility index (Phi) is 7.73. The van der Waals surface area contributed by atoms with Crippen molar-refractivity contribution in [1.29, 1.82) is 0 Å². The lowest BCUT2D eigenvalue weighted by atomic mass is 10.2. The van der Waals surface area contributed by atoms with Crippen LogP contribution in [-0.2, 0) is 21.4 Å². The van der Waals surface area contributed by atoms with E-state index in [4.69, 9.17) is 4.74 Å². The molecule has 0 radical (unpaired) electrons. The van der Waals surface area contributed by atoms with Crippen molar-refractivity contribution in [3.63, 3.8) is 0 Å². The van der Waals surface area contributed by atoms with Crippen molar-refractivity contribution in [2.75, 3.05) is 25.2 Å². The van der Waals surface area contributed by atoms with Crippen molar-refractivity contribution in [3.05, 3.63) is 84.4 Å². The molecule has 0 aromatic heterocycles. The zero-order valence-electron chi connectivity index (χ0n) is 17.3. The zero-order chi connectivity index (χ0) is 22.3. The van der Waals surface area contributed by atoms with Crippen molar-refractivity contribution in [2.45, 2.75) is 16.3 Å². The van der Waals surface area contributed by atoms with Gasteiger partial charge in [-0.25, -0.2) is 8.42 Å². The fraction of sp³-hybridized carbons (Fsp3) is 0.174. The van der Waals surface area contributed by atoms with Gasteiger partial charge in [-0.3, -0.25) is 4.79 Å². The highest BCUT2D eigenvalue weighted by Crippen LogP contribution is 2.21. The lowest BCUT2D eigenvalue weighted by molar-refractivity contribution is -0.118. The van der Waals surface area contributed by atoms with Crippen molar-refractivity contribution in [3.8, 4) is 5.75 Å². The maximum Gasteiger partial charge on any atom is 0.262 e. The normalized spacial score (nSPS) is 11.3. The Morgan fingerprint density at radius 1 is 1.00 bits per heavy atom. The quantitative estimate of drug-likeness (QED) is 0.487. The van der Waals surface area contributed by atoms with E-state index in [-0.39, 0.29) is 24.0 Å². The van der Waals surface area contributed by atoms with Gasteiger partial charge in [-0.1, -0.05) is 36.4 Å². The molecule has 1 N–H and O–H groups in total. The molecular weight excluding hydrogens is 432 g/mol. The third-order valence-electron chi connectivity index (χ3n) is 4.50. The van der Waals surface area contributed by atoms with Crippen LogP contribution in [0.25, 0.3) is 0 Å². The van der Waals surface area contributed by atoms with E-state index in [1.165, 1.54) is 16.4 Å². The molecule has 0 fully saturated rings. The van der Waals surface area contributed by atoms with E-state index in [0.29, 0.717) is 11.4 Å². The van der Waals surface area contributed by atoms with Crippen LogP contribution in [0.5, 0.6) is 5.75 Å². The van der Waals surface area contributed by atoms with Gasteiger partial charge in [0.15, 0.2) is 6.61 Å². The Labute approximate surface area is 187 Å². The summed E-state index contributed by atoms with van der Waals surface area (Å²) in [4.78, 5) is 13.3. The second-order valence-electron chi connectivity index (χ2n) is 6.79. The smallest absolute Gasteiger partial charge is 0.262 e. The summed E-state index contributed by atoms with van der Waals surface area (Å²) in [6.45, 7) is 0.100. The number of anilines is 1. The molecule has 0 spiro atoms. The average Bonchev–Trinajstić information content (AvgIpc) is 2.78. The summed E-state index contributed by atoms with van der Waals surface area (Å²) in [6.07, 6.45) is 1.97. The Hall–Kier alpha value is -2.81. The number of rotatable bonds is 9. The van der Waals surface area contributed by atoms with Crippen LogP contribution in [0.1, 0.15) is 5.56 Å². The molecule has 1 amide bonds.